The zero-order valence-electron chi connectivity index (χ0n) is 14.8. The fourth-order valence-corrected chi connectivity index (χ4v) is 3.33. The second-order valence-corrected chi connectivity index (χ2v) is 7.00. The van der Waals surface area contributed by atoms with Gasteiger partial charge in [0.15, 0.2) is 0 Å². The zero-order valence-corrected chi connectivity index (χ0v) is 14.8. The lowest BCUT2D eigenvalue weighted by atomic mass is 10.1. The zero-order chi connectivity index (χ0) is 17.3. The Morgan fingerprint density at radius 1 is 1.08 bits per heavy atom. The van der Waals surface area contributed by atoms with Gasteiger partial charge < -0.3 is 15.1 Å². The standard InChI is InChI=1S/C19H27N3O2/c1-4-21-7-9-22(10-8-21)19(24)17-12-16(17)18(23)20-15-6-5-13(2)14(3)11-15/h5-6,11,16-17H,4,7-10,12H2,1-3H3,(H,20,23). The number of amides is 2. The van der Waals surface area contributed by atoms with E-state index in [1.807, 2.05) is 30.0 Å². The van der Waals surface area contributed by atoms with E-state index >= 15 is 0 Å². The molecular formula is C19H27N3O2. The molecule has 1 aromatic carbocycles. The van der Waals surface area contributed by atoms with Crippen LogP contribution in [0.1, 0.15) is 24.5 Å². The first-order chi connectivity index (χ1) is 11.5. The van der Waals surface area contributed by atoms with Gasteiger partial charge in [-0.25, -0.2) is 0 Å². The fourth-order valence-electron chi connectivity index (χ4n) is 3.33. The van der Waals surface area contributed by atoms with Gasteiger partial charge in [0.2, 0.25) is 11.8 Å². The van der Waals surface area contributed by atoms with Crippen molar-refractivity contribution in [2.24, 2.45) is 11.8 Å². The van der Waals surface area contributed by atoms with E-state index in [0.29, 0.717) is 6.42 Å². The molecule has 5 nitrogen and oxygen atoms in total. The molecule has 130 valence electrons. The van der Waals surface area contributed by atoms with Crippen molar-refractivity contribution in [3.05, 3.63) is 29.3 Å². The topological polar surface area (TPSA) is 52.7 Å². The summed E-state index contributed by atoms with van der Waals surface area (Å²) in [4.78, 5) is 29.2. The predicted molar refractivity (Wildman–Crippen MR) is 94.8 cm³/mol. The first-order valence-corrected chi connectivity index (χ1v) is 8.89. The number of likely N-dealkylation sites (N-methyl/N-ethyl adjacent to an activating group) is 1. The van der Waals surface area contributed by atoms with Gasteiger partial charge in [-0.15, -0.1) is 0 Å². The van der Waals surface area contributed by atoms with E-state index < -0.39 is 0 Å². The van der Waals surface area contributed by atoms with Crippen molar-refractivity contribution in [2.45, 2.75) is 27.2 Å². The van der Waals surface area contributed by atoms with Crippen molar-refractivity contribution >= 4 is 17.5 Å². The van der Waals surface area contributed by atoms with E-state index in [9.17, 15) is 9.59 Å². The molecule has 1 heterocycles. The number of anilines is 1. The van der Waals surface area contributed by atoms with Gasteiger partial charge >= 0.3 is 0 Å². The minimum Gasteiger partial charge on any atom is -0.340 e. The quantitative estimate of drug-likeness (QED) is 0.920. The Morgan fingerprint density at radius 2 is 1.79 bits per heavy atom. The maximum Gasteiger partial charge on any atom is 0.228 e. The highest BCUT2D eigenvalue weighted by molar-refractivity contribution is 5.99. The first-order valence-electron chi connectivity index (χ1n) is 8.89. The van der Waals surface area contributed by atoms with Gasteiger partial charge in [-0.05, 0) is 50.1 Å². The molecule has 1 aromatic rings. The lowest BCUT2D eigenvalue weighted by Crippen LogP contribution is -2.49. The fraction of sp³-hybridized carbons (Fsp3) is 0.579. The number of piperazine rings is 1. The molecular weight excluding hydrogens is 302 g/mol. The number of carbonyl (C=O) groups excluding carboxylic acids is 2. The van der Waals surface area contributed by atoms with Gasteiger partial charge in [0.25, 0.3) is 0 Å². The lowest BCUT2D eigenvalue weighted by molar-refractivity contribution is -0.135. The van der Waals surface area contributed by atoms with E-state index in [1.54, 1.807) is 0 Å². The summed E-state index contributed by atoms with van der Waals surface area (Å²) in [6, 6.07) is 5.91. The Labute approximate surface area is 144 Å². The number of nitrogens with one attached hydrogen (secondary N) is 1. The van der Waals surface area contributed by atoms with Gasteiger partial charge in [-0.3, -0.25) is 9.59 Å². The Bertz CT molecular complexity index is 635. The third-order valence-corrected chi connectivity index (χ3v) is 5.35. The second-order valence-electron chi connectivity index (χ2n) is 7.00. The largest absolute Gasteiger partial charge is 0.340 e. The van der Waals surface area contributed by atoms with Gasteiger partial charge in [-0.2, -0.15) is 0 Å². The van der Waals surface area contributed by atoms with Crippen molar-refractivity contribution in [1.29, 1.82) is 0 Å². The molecule has 24 heavy (non-hydrogen) atoms. The van der Waals surface area contributed by atoms with Crippen LogP contribution < -0.4 is 5.32 Å². The highest BCUT2D eigenvalue weighted by Crippen LogP contribution is 2.41. The number of hydrogen-bond donors (Lipinski definition) is 1. The van der Waals surface area contributed by atoms with Crippen LogP contribution in [0.15, 0.2) is 18.2 Å². The summed E-state index contributed by atoms with van der Waals surface area (Å²) in [5, 5.41) is 2.96. The molecule has 0 spiro atoms. The molecule has 1 N–H and O–H groups in total. The van der Waals surface area contributed by atoms with Gasteiger partial charge in [0, 0.05) is 31.9 Å². The second kappa shape index (κ2) is 6.93. The molecule has 0 bridgehead atoms. The number of nitrogens with zero attached hydrogens (tertiary/aromatic N) is 2. The summed E-state index contributed by atoms with van der Waals surface area (Å²) in [5.74, 6) is -0.150. The summed E-state index contributed by atoms with van der Waals surface area (Å²) in [5.41, 5.74) is 3.18. The van der Waals surface area contributed by atoms with Crippen LogP contribution in [0, 0.1) is 25.7 Å². The Balaban J connectivity index is 1.52. The number of aryl methyl sites for hydroxylation is 2. The van der Waals surface area contributed by atoms with Gasteiger partial charge in [-0.1, -0.05) is 13.0 Å². The molecule has 2 unspecified atom stereocenters. The third-order valence-electron chi connectivity index (χ3n) is 5.35. The van der Waals surface area contributed by atoms with Crippen LogP contribution in [0.5, 0.6) is 0 Å². The number of rotatable bonds is 4. The van der Waals surface area contributed by atoms with Crippen LogP contribution in [-0.2, 0) is 9.59 Å². The Hall–Kier alpha value is -1.88. The molecule has 1 saturated heterocycles. The van der Waals surface area contributed by atoms with Crippen LogP contribution in [-0.4, -0.2) is 54.3 Å². The summed E-state index contributed by atoms with van der Waals surface area (Å²) < 4.78 is 0. The molecule has 0 aromatic heterocycles. The van der Waals surface area contributed by atoms with Crippen molar-refractivity contribution in [3.8, 4) is 0 Å². The highest BCUT2D eigenvalue weighted by Gasteiger charge is 2.49. The molecule has 3 rings (SSSR count). The molecule has 2 amide bonds. The van der Waals surface area contributed by atoms with Crippen LogP contribution in [0.3, 0.4) is 0 Å². The minimum absolute atomic E-state index is 0.0243. The predicted octanol–water partition coefficient (Wildman–Crippen LogP) is 2.04. The first kappa shape index (κ1) is 17.0. The van der Waals surface area contributed by atoms with Crippen molar-refractivity contribution in [3.63, 3.8) is 0 Å². The molecule has 1 aliphatic carbocycles. The van der Waals surface area contributed by atoms with Crippen molar-refractivity contribution in [1.82, 2.24) is 9.80 Å². The summed E-state index contributed by atoms with van der Waals surface area (Å²) in [6.45, 7) is 10.7. The van der Waals surface area contributed by atoms with Crippen molar-refractivity contribution in [2.75, 3.05) is 38.0 Å². The van der Waals surface area contributed by atoms with Crippen LogP contribution in [0.2, 0.25) is 0 Å². The molecule has 2 atom stereocenters. The summed E-state index contributed by atoms with van der Waals surface area (Å²) in [6.07, 6.45) is 0.684. The van der Waals surface area contributed by atoms with Crippen LogP contribution >= 0.6 is 0 Å². The summed E-state index contributed by atoms with van der Waals surface area (Å²) in [7, 11) is 0. The number of benzene rings is 1. The third kappa shape index (κ3) is 3.61. The van der Waals surface area contributed by atoms with Gasteiger partial charge in [0.1, 0.15) is 0 Å². The van der Waals surface area contributed by atoms with Gasteiger partial charge in [0.05, 0.1) is 11.8 Å². The minimum atomic E-state index is -0.164. The number of carbonyl (C=O) groups is 2. The van der Waals surface area contributed by atoms with Crippen molar-refractivity contribution < 1.29 is 9.59 Å². The normalized spacial score (nSPS) is 23.9. The average molecular weight is 329 g/mol. The number of hydrogen-bond acceptors (Lipinski definition) is 3. The maximum absolute atomic E-state index is 12.5. The SMILES string of the molecule is CCN1CCN(C(=O)C2CC2C(=O)Nc2ccc(C)c(C)c2)CC1. The smallest absolute Gasteiger partial charge is 0.228 e. The maximum atomic E-state index is 12.5. The summed E-state index contributed by atoms with van der Waals surface area (Å²) >= 11 is 0. The van der Waals surface area contributed by atoms with E-state index in [2.05, 4.69) is 24.1 Å². The van der Waals surface area contributed by atoms with Crippen LogP contribution in [0.25, 0.3) is 0 Å². The molecule has 1 saturated carbocycles. The monoisotopic (exact) mass is 329 g/mol. The molecule has 2 fully saturated rings. The Kier molecular flexibility index (Phi) is 4.90. The van der Waals surface area contributed by atoms with E-state index in [0.717, 1.165) is 44.0 Å². The molecule has 1 aliphatic heterocycles. The lowest BCUT2D eigenvalue weighted by Gasteiger charge is -2.34. The van der Waals surface area contributed by atoms with E-state index in [-0.39, 0.29) is 23.7 Å². The molecule has 2 aliphatic rings. The van der Waals surface area contributed by atoms with Crippen LogP contribution in [0.4, 0.5) is 5.69 Å². The van der Waals surface area contributed by atoms with E-state index in [1.165, 1.54) is 5.56 Å². The molecule has 5 heteroatoms. The molecule has 0 radical (unpaired) electrons. The average Bonchev–Trinajstić information content (AvgIpc) is 3.38. The Morgan fingerprint density at radius 3 is 2.42 bits per heavy atom. The van der Waals surface area contributed by atoms with E-state index in [4.69, 9.17) is 0 Å². The highest BCUT2D eigenvalue weighted by atomic mass is 16.2.